The highest BCUT2D eigenvalue weighted by atomic mass is 16.6. The average molecular weight is 344 g/mol. The summed E-state index contributed by atoms with van der Waals surface area (Å²) in [5.74, 6) is 1.94. The summed E-state index contributed by atoms with van der Waals surface area (Å²) in [6, 6.07) is 5.53. The first-order valence-electron chi connectivity index (χ1n) is 9.10. The Kier molecular flexibility index (Phi) is 4.27. The molecule has 2 saturated heterocycles. The van der Waals surface area contributed by atoms with Gasteiger partial charge in [0.25, 0.3) is 0 Å². The summed E-state index contributed by atoms with van der Waals surface area (Å²) in [5.41, 5.74) is 0.775. The maximum absolute atomic E-state index is 12.8. The molecule has 6 heteroatoms. The summed E-state index contributed by atoms with van der Waals surface area (Å²) in [5, 5.41) is 0. The SMILES string of the molecule is CC1CCN(C(=O)[C@H]2CC(=O)N(c3ccc4c(c3)OCCO4)C2)CC1. The van der Waals surface area contributed by atoms with Crippen molar-refractivity contribution in [2.24, 2.45) is 11.8 Å². The minimum Gasteiger partial charge on any atom is -0.486 e. The monoisotopic (exact) mass is 344 g/mol. The quantitative estimate of drug-likeness (QED) is 0.824. The molecule has 2 amide bonds. The Morgan fingerprint density at radius 3 is 2.60 bits per heavy atom. The minimum atomic E-state index is -0.242. The van der Waals surface area contributed by atoms with Crippen LogP contribution in [0.5, 0.6) is 11.5 Å². The van der Waals surface area contributed by atoms with E-state index in [4.69, 9.17) is 9.47 Å². The first-order chi connectivity index (χ1) is 12.1. The Hall–Kier alpha value is -2.24. The molecule has 3 aliphatic rings. The van der Waals surface area contributed by atoms with Crippen LogP contribution >= 0.6 is 0 Å². The average Bonchev–Trinajstić information content (AvgIpc) is 3.03. The molecule has 0 aromatic heterocycles. The van der Waals surface area contributed by atoms with Gasteiger partial charge >= 0.3 is 0 Å². The highest BCUT2D eigenvalue weighted by Crippen LogP contribution is 2.36. The summed E-state index contributed by atoms with van der Waals surface area (Å²) < 4.78 is 11.1. The predicted octanol–water partition coefficient (Wildman–Crippen LogP) is 2.07. The number of hydrogen-bond acceptors (Lipinski definition) is 4. The third-order valence-corrected chi connectivity index (χ3v) is 5.41. The summed E-state index contributed by atoms with van der Waals surface area (Å²) in [6.07, 6.45) is 2.40. The van der Waals surface area contributed by atoms with Crippen molar-refractivity contribution < 1.29 is 19.1 Å². The first kappa shape index (κ1) is 16.2. The molecular weight excluding hydrogens is 320 g/mol. The number of anilines is 1. The van der Waals surface area contributed by atoms with Gasteiger partial charge in [-0.3, -0.25) is 9.59 Å². The lowest BCUT2D eigenvalue weighted by Gasteiger charge is -2.32. The predicted molar refractivity (Wildman–Crippen MR) is 92.9 cm³/mol. The molecule has 0 aliphatic carbocycles. The van der Waals surface area contributed by atoms with Crippen LogP contribution in [0, 0.1) is 11.8 Å². The lowest BCUT2D eigenvalue weighted by molar-refractivity contribution is -0.137. The summed E-state index contributed by atoms with van der Waals surface area (Å²) in [7, 11) is 0. The smallest absolute Gasteiger partial charge is 0.228 e. The molecule has 0 saturated carbocycles. The Morgan fingerprint density at radius 1 is 1.12 bits per heavy atom. The third kappa shape index (κ3) is 3.17. The van der Waals surface area contributed by atoms with Crippen LogP contribution < -0.4 is 14.4 Å². The normalized spacial score (nSPS) is 23.9. The number of piperidine rings is 1. The lowest BCUT2D eigenvalue weighted by atomic mass is 9.97. The van der Waals surface area contributed by atoms with E-state index in [1.165, 1.54) is 0 Å². The van der Waals surface area contributed by atoms with Gasteiger partial charge in [0.05, 0.1) is 5.92 Å². The fourth-order valence-corrected chi connectivity index (χ4v) is 3.81. The highest BCUT2D eigenvalue weighted by Gasteiger charge is 2.38. The fourth-order valence-electron chi connectivity index (χ4n) is 3.81. The van der Waals surface area contributed by atoms with Gasteiger partial charge in [-0.1, -0.05) is 6.92 Å². The van der Waals surface area contributed by atoms with Crippen molar-refractivity contribution in [2.75, 3.05) is 37.7 Å². The van der Waals surface area contributed by atoms with Crippen molar-refractivity contribution in [1.29, 1.82) is 0 Å². The first-order valence-corrected chi connectivity index (χ1v) is 9.10. The van der Waals surface area contributed by atoms with Gasteiger partial charge in [0, 0.05) is 37.8 Å². The van der Waals surface area contributed by atoms with E-state index in [9.17, 15) is 9.59 Å². The molecule has 3 aliphatic heterocycles. The molecule has 1 aromatic carbocycles. The Bertz CT molecular complexity index is 682. The molecule has 4 rings (SSSR count). The van der Waals surface area contributed by atoms with Crippen LogP contribution in [-0.2, 0) is 9.59 Å². The molecule has 1 atom stereocenters. The van der Waals surface area contributed by atoms with E-state index in [0.29, 0.717) is 43.6 Å². The molecule has 134 valence electrons. The van der Waals surface area contributed by atoms with Crippen molar-refractivity contribution in [1.82, 2.24) is 4.90 Å². The van der Waals surface area contributed by atoms with E-state index < -0.39 is 0 Å². The maximum atomic E-state index is 12.8. The minimum absolute atomic E-state index is 0.000375. The van der Waals surface area contributed by atoms with Crippen molar-refractivity contribution in [3.63, 3.8) is 0 Å². The maximum Gasteiger partial charge on any atom is 0.228 e. The Labute approximate surface area is 147 Å². The number of rotatable bonds is 2. The van der Waals surface area contributed by atoms with Gasteiger partial charge in [-0.2, -0.15) is 0 Å². The van der Waals surface area contributed by atoms with Gasteiger partial charge in [0.2, 0.25) is 11.8 Å². The number of carbonyl (C=O) groups is 2. The van der Waals surface area contributed by atoms with Crippen molar-refractivity contribution in [2.45, 2.75) is 26.2 Å². The van der Waals surface area contributed by atoms with Gasteiger partial charge in [0.15, 0.2) is 11.5 Å². The summed E-state index contributed by atoms with van der Waals surface area (Å²) >= 11 is 0. The molecular formula is C19H24N2O4. The largest absolute Gasteiger partial charge is 0.486 e. The van der Waals surface area contributed by atoms with E-state index in [2.05, 4.69) is 6.92 Å². The molecule has 25 heavy (non-hydrogen) atoms. The van der Waals surface area contributed by atoms with E-state index in [1.807, 2.05) is 23.1 Å². The second-order valence-electron chi connectivity index (χ2n) is 7.24. The zero-order valence-electron chi connectivity index (χ0n) is 14.6. The van der Waals surface area contributed by atoms with Gasteiger partial charge in [-0.05, 0) is 30.9 Å². The van der Waals surface area contributed by atoms with E-state index in [0.717, 1.165) is 31.6 Å². The van der Waals surface area contributed by atoms with Crippen molar-refractivity contribution >= 4 is 17.5 Å². The standard InChI is InChI=1S/C19H24N2O4/c1-13-4-6-20(7-5-13)19(23)14-10-18(22)21(12-14)15-2-3-16-17(11-15)25-9-8-24-16/h2-3,11,13-14H,4-10,12H2,1H3/t14-/m0/s1. The number of nitrogens with zero attached hydrogens (tertiary/aromatic N) is 2. The number of fused-ring (bicyclic) bond motifs is 1. The molecule has 0 radical (unpaired) electrons. The summed E-state index contributed by atoms with van der Waals surface area (Å²) in [4.78, 5) is 28.9. The molecule has 0 bridgehead atoms. The molecule has 1 aromatic rings. The van der Waals surface area contributed by atoms with Crippen molar-refractivity contribution in [3.8, 4) is 11.5 Å². The second-order valence-corrected chi connectivity index (χ2v) is 7.24. The van der Waals surface area contributed by atoms with E-state index in [1.54, 1.807) is 4.90 Å². The van der Waals surface area contributed by atoms with Gasteiger partial charge in [0.1, 0.15) is 13.2 Å². The van der Waals surface area contributed by atoms with Gasteiger partial charge in [-0.25, -0.2) is 0 Å². The highest BCUT2D eigenvalue weighted by molar-refractivity contribution is 6.00. The molecule has 0 unspecified atom stereocenters. The Balaban J connectivity index is 1.46. The molecule has 3 heterocycles. The fraction of sp³-hybridized carbons (Fsp3) is 0.579. The lowest BCUT2D eigenvalue weighted by Crippen LogP contribution is -2.42. The van der Waals surface area contributed by atoms with E-state index in [-0.39, 0.29) is 17.7 Å². The second kappa shape index (κ2) is 6.58. The third-order valence-electron chi connectivity index (χ3n) is 5.41. The van der Waals surface area contributed by atoms with Crippen LogP contribution in [-0.4, -0.2) is 49.6 Å². The zero-order valence-corrected chi connectivity index (χ0v) is 14.6. The van der Waals surface area contributed by atoms with Crippen LogP contribution in [0.3, 0.4) is 0 Å². The number of likely N-dealkylation sites (tertiary alicyclic amines) is 1. The van der Waals surface area contributed by atoms with Gasteiger partial charge < -0.3 is 19.3 Å². The van der Waals surface area contributed by atoms with Crippen LogP contribution in [0.15, 0.2) is 18.2 Å². The summed E-state index contributed by atoms with van der Waals surface area (Å²) in [6.45, 7) is 5.36. The zero-order chi connectivity index (χ0) is 17.4. The topological polar surface area (TPSA) is 59.1 Å². The number of carbonyl (C=O) groups excluding carboxylic acids is 2. The molecule has 2 fully saturated rings. The van der Waals surface area contributed by atoms with Gasteiger partial charge in [-0.15, -0.1) is 0 Å². The number of amides is 2. The van der Waals surface area contributed by atoms with E-state index >= 15 is 0 Å². The van der Waals surface area contributed by atoms with Crippen molar-refractivity contribution in [3.05, 3.63) is 18.2 Å². The van der Waals surface area contributed by atoms with Crippen LogP contribution in [0.2, 0.25) is 0 Å². The number of ether oxygens (including phenoxy) is 2. The van der Waals surface area contributed by atoms with Crippen LogP contribution in [0.1, 0.15) is 26.2 Å². The molecule has 0 spiro atoms. The van der Waals surface area contributed by atoms with Crippen LogP contribution in [0.25, 0.3) is 0 Å². The number of hydrogen-bond donors (Lipinski definition) is 0. The number of benzene rings is 1. The molecule has 6 nitrogen and oxygen atoms in total. The molecule has 0 N–H and O–H groups in total. The van der Waals surface area contributed by atoms with Crippen LogP contribution in [0.4, 0.5) is 5.69 Å². The Morgan fingerprint density at radius 2 is 1.84 bits per heavy atom.